The van der Waals surface area contributed by atoms with Gasteiger partial charge in [0.15, 0.2) is 5.82 Å². The molecule has 33 heavy (non-hydrogen) atoms. The van der Waals surface area contributed by atoms with E-state index in [4.69, 9.17) is 14.7 Å². The molecule has 1 aromatic carbocycles. The van der Waals surface area contributed by atoms with Crippen LogP contribution in [0.3, 0.4) is 0 Å². The van der Waals surface area contributed by atoms with Crippen molar-refractivity contribution in [3.63, 3.8) is 0 Å². The average Bonchev–Trinajstić information content (AvgIpc) is 3.51. The molecule has 0 saturated carbocycles. The Morgan fingerprint density at radius 1 is 1.30 bits per heavy atom. The highest BCUT2D eigenvalue weighted by molar-refractivity contribution is 6.07. The van der Waals surface area contributed by atoms with Gasteiger partial charge in [-0.15, -0.1) is 0 Å². The molecule has 0 aliphatic carbocycles. The lowest BCUT2D eigenvalue weighted by Gasteiger charge is -2.25. The Balaban J connectivity index is 1.50. The molecule has 4 heterocycles. The second kappa shape index (κ2) is 8.17. The van der Waals surface area contributed by atoms with Gasteiger partial charge in [-0.25, -0.2) is 9.97 Å². The second-order valence-electron chi connectivity index (χ2n) is 9.31. The summed E-state index contributed by atoms with van der Waals surface area (Å²) in [7, 11) is 1.62. The van der Waals surface area contributed by atoms with Crippen molar-refractivity contribution in [3.05, 3.63) is 47.0 Å². The fourth-order valence-corrected chi connectivity index (χ4v) is 4.94. The molecule has 1 atom stereocenters. The van der Waals surface area contributed by atoms with Gasteiger partial charge in [-0.1, -0.05) is 13.8 Å². The minimum Gasteiger partial charge on any atom is -0.497 e. The van der Waals surface area contributed by atoms with Gasteiger partial charge >= 0.3 is 0 Å². The lowest BCUT2D eigenvalue weighted by molar-refractivity contribution is -0.117. The zero-order valence-corrected chi connectivity index (χ0v) is 19.5. The number of likely N-dealkylation sites (tertiary alicyclic amines) is 1. The SMILES string of the molecule is COc1ccc2[nH]cc(C(=O)N3CCC[C@H]3c3nc(C)c4c(n3)N(CC(C)C)C(=O)C4)c2c1. The lowest BCUT2D eigenvalue weighted by Crippen LogP contribution is -2.33. The number of benzene rings is 1. The number of aromatic nitrogens is 3. The van der Waals surface area contributed by atoms with Gasteiger partial charge in [-0.05, 0) is 43.9 Å². The zero-order valence-electron chi connectivity index (χ0n) is 19.5. The number of rotatable bonds is 5. The summed E-state index contributed by atoms with van der Waals surface area (Å²) in [5.41, 5.74) is 3.24. The van der Waals surface area contributed by atoms with Crippen LogP contribution in [0.25, 0.3) is 10.9 Å². The van der Waals surface area contributed by atoms with E-state index >= 15 is 0 Å². The van der Waals surface area contributed by atoms with Gasteiger partial charge < -0.3 is 14.6 Å². The molecule has 1 N–H and O–H groups in total. The number of hydrogen-bond acceptors (Lipinski definition) is 5. The van der Waals surface area contributed by atoms with Gasteiger partial charge in [0.25, 0.3) is 5.91 Å². The Morgan fingerprint density at radius 2 is 2.12 bits per heavy atom. The van der Waals surface area contributed by atoms with Gasteiger partial charge in [-0.2, -0.15) is 0 Å². The lowest BCUT2D eigenvalue weighted by atomic mass is 10.1. The number of hydrogen-bond donors (Lipinski definition) is 1. The summed E-state index contributed by atoms with van der Waals surface area (Å²) in [6, 6.07) is 5.46. The number of carbonyl (C=O) groups excluding carboxylic acids is 2. The number of carbonyl (C=O) groups is 2. The molecule has 2 aliphatic heterocycles. The maximum absolute atomic E-state index is 13.6. The van der Waals surface area contributed by atoms with Crippen molar-refractivity contribution in [2.75, 3.05) is 25.1 Å². The predicted octanol–water partition coefficient (Wildman–Crippen LogP) is 3.80. The van der Waals surface area contributed by atoms with Crippen LogP contribution in [0.2, 0.25) is 0 Å². The highest BCUT2D eigenvalue weighted by atomic mass is 16.5. The third kappa shape index (κ3) is 3.63. The molecule has 5 rings (SSSR count). The normalized spacial score (nSPS) is 18.0. The van der Waals surface area contributed by atoms with Crippen LogP contribution < -0.4 is 9.64 Å². The highest BCUT2D eigenvalue weighted by Gasteiger charge is 2.37. The van der Waals surface area contributed by atoms with Crippen LogP contribution in [0.15, 0.2) is 24.4 Å². The molecule has 1 saturated heterocycles. The van der Waals surface area contributed by atoms with E-state index in [1.165, 1.54) is 0 Å². The van der Waals surface area contributed by atoms with E-state index in [-0.39, 0.29) is 17.9 Å². The Labute approximate surface area is 193 Å². The molecule has 3 aromatic rings. The number of ether oxygens (including phenoxy) is 1. The van der Waals surface area contributed by atoms with Crippen LogP contribution in [0.5, 0.6) is 5.75 Å². The van der Waals surface area contributed by atoms with E-state index in [2.05, 4.69) is 18.8 Å². The Bertz CT molecular complexity index is 1250. The fraction of sp³-hybridized carbons (Fsp3) is 0.440. The Kier molecular flexibility index (Phi) is 5.31. The van der Waals surface area contributed by atoms with Crippen molar-refractivity contribution in [3.8, 4) is 5.75 Å². The van der Waals surface area contributed by atoms with E-state index in [0.29, 0.717) is 48.4 Å². The number of amides is 2. The van der Waals surface area contributed by atoms with Gasteiger partial charge in [0.2, 0.25) is 5.91 Å². The number of methoxy groups -OCH3 is 1. The zero-order chi connectivity index (χ0) is 23.3. The Morgan fingerprint density at radius 3 is 2.88 bits per heavy atom. The van der Waals surface area contributed by atoms with Gasteiger partial charge in [0, 0.05) is 41.4 Å². The minimum atomic E-state index is -0.214. The first kappa shape index (κ1) is 21.4. The maximum atomic E-state index is 13.6. The van der Waals surface area contributed by atoms with E-state index in [1.54, 1.807) is 18.2 Å². The van der Waals surface area contributed by atoms with E-state index in [9.17, 15) is 9.59 Å². The number of nitrogens with zero attached hydrogens (tertiary/aromatic N) is 4. The van der Waals surface area contributed by atoms with Crippen molar-refractivity contribution in [2.45, 2.75) is 46.1 Å². The summed E-state index contributed by atoms with van der Waals surface area (Å²) >= 11 is 0. The van der Waals surface area contributed by atoms with Crippen LogP contribution in [0, 0.1) is 12.8 Å². The molecule has 2 aliphatic rings. The molecule has 1 fully saturated rings. The topological polar surface area (TPSA) is 91.4 Å². The number of nitrogens with one attached hydrogen (secondary N) is 1. The number of aromatic amines is 1. The molecule has 8 heteroatoms. The first-order valence-electron chi connectivity index (χ1n) is 11.5. The summed E-state index contributed by atoms with van der Waals surface area (Å²) in [4.78, 5) is 42.7. The largest absolute Gasteiger partial charge is 0.497 e. The van der Waals surface area contributed by atoms with Crippen LogP contribution in [0.4, 0.5) is 5.82 Å². The third-order valence-corrected chi connectivity index (χ3v) is 6.57. The summed E-state index contributed by atoms with van der Waals surface area (Å²) < 4.78 is 5.35. The minimum absolute atomic E-state index is 0.0473. The average molecular weight is 448 g/mol. The van der Waals surface area contributed by atoms with Gasteiger partial charge in [-0.3, -0.25) is 14.5 Å². The van der Waals surface area contributed by atoms with Crippen LogP contribution in [0.1, 0.15) is 60.2 Å². The number of anilines is 1. The van der Waals surface area contributed by atoms with E-state index in [0.717, 1.165) is 35.0 Å². The van der Waals surface area contributed by atoms with Crippen LogP contribution in [-0.2, 0) is 11.2 Å². The second-order valence-corrected chi connectivity index (χ2v) is 9.31. The molecule has 0 unspecified atom stereocenters. The van der Waals surface area contributed by atoms with Crippen LogP contribution >= 0.6 is 0 Å². The summed E-state index contributed by atoms with van der Waals surface area (Å²) in [6.45, 7) is 7.39. The smallest absolute Gasteiger partial charge is 0.256 e. The molecular formula is C25H29N5O3. The van der Waals surface area contributed by atoms with Crippen LogP contribution in [-0.4, -0.2) is 51.9 Å². The predicted molar refractivity (Wildman–Crippen MR) is 126 cm³/mol. The van der Waals surface area contributed by atoms with E-state index in [1.807, 2.05) is 30.0 Å². The van der Waals surface area contributed by atoms with Crippen molar-refractivity contribution >= 4 is 28.5 Å². The molecule has 172 valence electrons. The molecule has 8 nitrogen and oxygen atoms in total. The molecule has 0 radical (unpaired) electrons. The summed E-state index contributed by atoms with van der Waals surface area (Å²) in [5.74, 6) is 2.41. The molecule has 2 amide bonds. The highest BCUT2D eigenvalue weighted by Crippen LogP contribution is 2.37. The third-order valence-electron chi connectivity index (χ3n) is 6.57. The molecule has 0 spiro atoms. The quantitative estimate of drug-likeness (QED) is 0.642. The monoisotopic (exact) mass is 447 g/mol. The molecular weight excluding hydrogens is 418 g/mol. The van der Waals surface area contributed by atoms with E-state index < -0.39 is 0 Å². The van der Waals surface area contributed by atoms with Crippen molar-refractivity contribution in [2.24, 2.45) is 5.92 Å². The molecule has 2 aromatic heterocycles. The van der Waals surface area contributed by atoms with Crippen molar-refractivity contribution in [1.29, 1.82) is 0 Å². The molecule has 0 bridgehead atoms. The number of H-pyrrole nitrogens is 1. The number of aryl methyl sites for hydroxylation is 1. The summed E-state index contributed by atoms with van der Waals surface area (Å²) in [5, 5.41) is 0.838. The maximum Gasteiger partial charge on any atom is 0.256 e. The first-order valence-corrected chi connectivity index (χ1v) is 11.5. The number of fused-ring (bicyclic) bond motifs is 2. The standard InChI is InChI=1S/C25H29N5O3/c1-14(2)13-30-22(31)11-17-15(3)27-23(28-24(17)30)21-6-5-9-29(21)25(32)19-12-26-20-8-7-16(33-4)10-18(19)20/h7-8,10,12,14,21,26H,5-6,9,11,13H2,1-4H3/t21-/m0/s1. The fourth-order valence-electron chi connectivity index (χ4n) is 4.94. The Hall–Kier alpha value is -3.42. The van der Waals surface area contributed by atoms with Crippen molar-refractivity contribution < 1.29 is 14.3 Å². The van der Waals surface area contributed by atoms with Crippen molar-refractivity contribution in [1.82, 2.24) is 19.9 Å². The van der Waals surface area contributed by atoms with Gasteiger partial charge in [0.1, 0.15) is 11.6 Å². The summed E-state index contributed by atoms with van der Waals surface area (Å²) in [6.07, 6.45) is 3.79. The first-order chi connectivity index (χ1) is 15.9. The van der Waals surface area contributed by atoms with Gasteiger partial charge in [0.05, 0.1) is 25.1 Å².